The number of carbonyl (C=O) groups excluding carboxylic acids is 1. The molecule has 0 saturated heterocycles. The van der Waals surface area contributed by atoms with Crippen molar-refractivity contribution in [2.24, 2.45) is 0 Å². The van der Waals surface area contributed by atoms with Crippen molar-refractivity contribution in [2.75, 3.05) is 11.1 Å². The van der Waals surface area contributed by atoms with Crippen LogP contribution >= 0.6 is 0 Å². The van der Waals surface area contributed by atoms with Crippen LogP contribution in [0.15, 0.2) is 23.1 Å². The summed E-state index contributed by atoms with van der Waals surface area (Å²) < 4.78 is 14.3. The van der Waals surface area contributed by atoms with E-state index in [9.17, 15) is 23.6 Å². The normalized spacial score (nSPS) is 11.7. The van der Waals surface area contributed by atoms with E-state index < -0.39 is 47.4 Å². The molecule has 15 heteroatoms. The molecule has 1 amide bonds. The molecule has 172 valence electrons. The zero-order chi connectivity index (χ0) is 24.1. The second-order valence-corrected chi connectivity index (χ2v) is 6.67. The number of aliphatic carboxylic acids is 2. The number of hydrogen-bond acceptors (Lipinski definition) is 10. The number of amides is 1. The highest BCUT2D eigenvalue weighted by Gasteiger charge is 2.23. The summed E-state index contributed by atoms with van der Waals surface area (Å²) in [4.78, 5) is 63.8. The van der Waals surface area contributed by atoms with Crippen molar-refractivity contribution in [3.8, 4) is 0 Å². The maximum atomic E-state index is 14.3. The molecular formula is C18H17FN8O6. The lowest BCUT2D eigenvalue weighted by atomic mass is 10.1. The third kappa shape index (κ3) is 5.72. The molecule has 3 aromatic heterocycles. The molecule has 0 bridgehead atoms. The van der Waals surface area contributed by atoms with Crippen molar-refractivity contribution in [1.29, 1.82) is 0 Å². The van der Waals surface area contributed by atoms with Crippen molar-refractivity contribution in [3.63, 3.8) is 0 Å². The molecule has 0 aliphatic rings. The number of rotatable bonds is 9. The lowest BCUT2D eigenvalue weighted by Gasteiger charge is -2.14. The number of fused-ring (bicyclic) bond motifs is 1. The number of nitrogens with one attached hydrogen (secondary N) is 3. The predicted molar refractivity (Wildman–Crippen MR) is 110 cm³/mol. The Morgan fingerprint density at radius 3 is 2.61 bits per heavy atom. The number of aromatic amines is 1. The fourth-order valence-corrected chi connectivity index (χ4v) is 2.70. The van der Waals surface area contributed by atoms with E-state index in [-0.39, 0.29) is 35.9 Å². The van der Waals surface area contributed by atoms with Crippen LogP contribution in [-0.4, -0.2) is 59.0 Å². The predicted octanol–water partition coefficient (Wildman–Crippen LogP) is -0.511. The Morgan fingerprint density at radius 1 is 1.18 bits per heavy atom. The van der Waals surface area contributed by atoms with Gasteiger partial charge in [0, 0.05) is 6.42 Å². The number of anilines is 2. The van der Waals surface area contributed by atoms with Gasteiger partial charge in [-0.25, -0.2) is 19.7 Å². The van der Waals surface area contributed by atoms with Gasteiger partial charge in [-0.1, -0.05) is 0 Å². The number of carboxylic acid groups (broad SMARTS) is 2. The second kappa shape index (κ2) is 9.63. The molecule has 0 aliphatic heterocycles. The van der Waals surface area contributed by atoms with E-state index in [1.54, 1.807) is 0 Å². The van der Waals surface area contributed by atoms with Crippen LogP contribution in [0.5, 0.6) is 0 Å². The summed E-state index contributed by atoms with van der Waals surface area (Å²) in [5.74, 6) is -5.01. The smallest absolute Gasteiger partial charge is 0.326 e. The highest BCUT2D eigenvalue weighted by Crippen LogP contribution is 2.12. The number of H-pyrrole nitrogens is 1. The average Bonchev–Trinajstić information content (AvgIpc) is 2.74. The lowest BCUT2D eigenvalue weighted by molar-refractivity contribution is -0.140. The van der Waals surface area contributed by atoms with Crippen molar-refractivity contribution in [3.05, 3.63) is 45.9 Å². The molecular weight excluding hydrogens is 442 g/mol. The summed E-state index contributed by atoms with van der Waals surface area (Å²) in [6.07, 6.45) is 0.471. The summed E-state index contributed by atoms with van der Waals surface area (Å²) in [7, 11) is 0. The van der Waals surface area contributed by atoms with Crippen LogP contribution in [-0.2, 0) is 16.1 Å². The number of halogens is 1. The van der Waals surface area contributed by atoms with Gasteiger partial charge in [0.15, 0.2) is 11.2 Å². The van der Waals surface area contributed by atoms with E-state index in [0.717, 1.165) is 6.07 Å². The maximum absolute atomic E-state index is 14.3. The molecule has 33 heavy (non-hydrogen) atoms. The number of nitrogen functional groups attached to an aromatic ring is 1. The maximum Gasteiger partial charge on any atom is 0.326 e. The summed E-state index contributed by atoms with van der Waals surface area (Å²) in [6.45, 7) is 0.00101. The summed E-state index contributed by atoms with van der Waals surface area (Å²) in [5, 5.41) is 22.6. The van der Waals surface area contributed by atoms with E-state index in [1.165, 1.54) is 12.3 Å². The number of aromatic nitrogens is 5. The van der Waals surface area contributed by atoms with Gasteiger partial charge in [0.1, 0.15) is 11.9 Å². The number of nitrogens with two attached hydrogens (primary N) is 1. The van der Waals surface area contributed by atoms with Gasteiger partial charge in [-0.15, -0.1) is 0 Å². The molecule has 0 spiro atoms. The standard InChI is InChI=1S/C18H17FN8O6/c19-13-8(15(30)24-9(17(32)33)2-4-11(28)29)1-3-10(25-13)21-5-7-6-22-14-12(23-7)16(31)27-18(20)26-14/h1,3,6,9H,2,4-5H2,(H,21,25)(H,24,30)(H,28,29)(H,32,33)(H3,20,22,26,27,31)/i19-1. The van der Waals surface area contributed by atoms with E-state index in [0.29, 0.717) is 5.69 Å². The monoisotopic (exact) mass is 459 g/mol. The van der Waals surface area contributed by atoms with Crippen LogP contribution in [0.2, 0.25) is 0 Å². The first-order valence-electron chi connectivity index (χ1n) is 9.31. The van der Waals surface area contributed by atoms with Crippen LogP contribution in [0.25, 0.3) is 11.2 Å². The minimum atomic E-state index is -1.51. The zero-order valence-corrected chi connectivity index (χ0v) is 16.7. The fraction of sp³-hybridized carbons (Fsp3) is 0.222. The van der Waals surface area contributed by atoms with Gasteiger partial charge >= 0.3 is 11.9 Å². The minimum absolute atomic E-state index is 0.00101. The average molecular weight is 459 g/mol. The van der Waals surface area contributed by atoms with Gasteiger partial charge in [-0.3, -0.25) is 19.4 Å². The molecule has 0 saturated carbocycles. The van der Waals surface area contributed by atoms with Gasteiger partial charge in [0.25, 0.3) is 11.5 Å². The van der Waals surface area contributed by atoms with Crippen molar-refractivity contribution >= 4 is 40.8 Å². The topological polar surface area (TPSA) is 226 Å². The van der Waals surface area contributed by atoms with Crippen LogP contribution in [0, 0.1) is 5.95 Å². The highest BCUT2D eigenvalue weighted by molar-refractivity contribution is 5.96. The Hall–Kier alpha value is -4.69. The lowest BCUT2D eigenvalue weighted by Crippen LogP contribution is -2.41. The van der Waals surface area contributed by atoms with Crippen LogP contribution in [0.1, 0.15) is 28.9 Å². The molecule has 7 N–H and O–H groups in total. The Kier molecular flexibility index (Phi) is 6.71. The molecule has 0 fully saturated rings. The Morgan fingerprint density at radius 2 is 1.94 bits per heavy atom. The number of carbonyl (C=O) groups is 3. The summed E-state index contributed by atoms with van der Waals surface area (Å²) in [5.41, 5.74) is 4.67. The van der Waals surface area contributed by atoms with E-state index in [4.69, 9.17) is 15.9 Å². The van der Waals surface area contributed by atoms with Crippen LogP contribution < -0.4 is 21.9 Å². The highest BCUT2D eigenvalue weighted by atomic mass is 18.2. The first-order chi connectivity index (χ1) is 15.6. The van der Waals surface area contributed by atoms with Gasteiger partial charge in [-0.05, 0) is 18.6 Å². The largest absolute Gasteiger partial charge is 0.481 e. The fourth-order valence-electron chi connectivity index (χ4n) is 2.70. The summed E-state index contributed by atoms with van der Waals surface area (Å²) >= 11 is 0. The minimum Gasteiger partial charge on any atom is -0.481 e. The Balaban J connectivity index is 1.68. The summed E-state index contributed by atoms with van der Waals surface area (Å²) in [6, 6.07) is 0.846. The molecule has 0 aromatic carbocycles. The first-order valence-corrected chi connectivity index (χ1v) is 9.31. The third-order valence-corrected chi connectivity index (χ3v) is 4.28. The van der Waals surface area contributed by atoms with Crippen LogP contribution in [0.4, 0.5) is 16.2 Å². The Labute approximate surface area is 183 Å². The quantitative estimate of drug-likeness (QED) is 0.222. The molecule has 1 atom stereocenters. The molecule has 1 unspecified atom stereocenters. The van der Waals surface area contributed by atoms with Gasteiger partial charge in [0.05, 0.1) is 24.0 Å². The van der Waals surface area contributed by atoms with Crippen molar-refractivity contribution < 1.29 is 29.0 Å². The SMILES string of the molecule is Nc1nc2ncc(CNc3ccc(C(=O)NC(CCC(=O)O)C(=O)O)c([18F])n3)nc2c(=O)[nH]1. The molecule has 14 nitrogen and oxygen atoms in total. The first kappa shape index (κ1) is 23.0. The zero-order valence-electron chi connectivity index (χ0n) is 16.7. The molecule has 3 aromatic rings. The molecule has 3 rings (SSSR count). The second-order valence-electron chi connectivity index (χ2n) is 6.67. The number of nitrogens with zero attached hydrogens (tertiary/aromatic N) is 4. The third-order valence-electron chi connectivity index (χ3n) is 4.28. The Bertz CT molecular complexity index is 1300. The van der Waals surface area contributed by atoms with Gasteiger partial charge in [-0.2, -0.15) is 9.37 Å². The van der Waals surface area contributed by atoms with Gasteiger partial charge < -0.3 is 26.6 Å². The van der Waals surface area contributed by atoms with E-state index in [1.807, 2.05) is 0 Å². The number of carboxylic acids is 2. The van der Waals surface area contributed by atoms with Gasteiger partial charge in [0.2, 0.25) is 11.9 Å². The van der Waals surface area contributed by atoms with E-state index in [2.05, 4.69) is 35.6 Å². The number of hydrogen-bond donors (Lipinski definition) is 6. The van der Waals surface area contributed by atoms with Crippen molar-refractivity contribution in [1.82, 2.24) is 30.2 Å². The molecule has 0 radical (unpaired) electrons. The number of pyridine rings is 1. The van der Waals surface area contributed by atoms with Crippen molar-refractivity contribution in [2.45, 2.75) is 25.4 Å². The van der Waals surface area contributed by atoms with E-state index >= 15 is 0 Å². The molecule has 0 aliphatic carbocycles. The molecule has 3 heterocycles. The van der Waals surface area contributed by atoms with Crippen LogP contribution in [0.3, 0.4) is 0 Å².